The summed E-state index contributed by atoms with van der Waals surface area (Å²) in [6, 6.07) is 8.44. The van der Waals surface area contributed by atoms with Crippen LogP contribution in [-0.2, 0) is 5.54 Å². The fraction of sp³-hybridized carbons (Fsp3) is 0.375. The van der Waals surface area contributed by atoms with Crippen molar-refractivity contribution < 1.29 is 19.1 Å². The van der Waals surface area contributed by atoms with Crippen LogP contribution in [0.4, 0.5) is 20.7 Å². The van der Waals surface area contributed by atoms with E-state index in [9.17, 15) is 24.3 Å². The molecule has 36 heavy (non-hydrogen) atoms. The Bertz CT molecular complexity index is 1280. The van der Waals surface area contributed by atoms with E-state index in [2.05, 4.69) is 21.6 Å². The number of anilines is 2. The first-order valence-corrected chi connectivity index (χ1v) is 11.4. The monoisotopic (exact) mass is 494 g/mol. The van der Waals surface area contributed by atoms with E-state index < -0.39 is 41.4 Å². The number of aromatic nitrogens is 4. The number of carbonyl (C=O) groups excluding carboxylic acids is 1. The summed E-state index contributed by atoms with van der Waals surface area (Å²) in [6.07, 6.45) is 4.46. The molecule has 1 unspecified atom stereocenters. The van der Waals surface area contributed by atoms with E-state index in [0.717, 1.165) is 0 Å². The number of amides is 2. The van der Waals surface area contributed by atoms with Crippen LogP contribution >= 0.6 is 0 Å². The fourth-order valence-electron chi connectivity index (χ4n) is 4.75. The third-order valence-corrected chi connectivity index (χ3v) is 6.57. The van der Waals surface area contributed by atoms with Crippen molar-refractivity contribution in [1.29, 1.82) is 5.26 Å². The maximum absolute atomic E-state index is 13.3. The largest absolute Gasteiger partial charge is 0.465 e. The highest BCUT2D eigenvalue weighted by Gasteiger charge is 2.45. The van der Waals surface area contributed by atoms with Crippen LogP contribution in [0.25, 0.3) is 0 Å². The zero-order valence-corrected chi connectivity index (χ0v) is 19.9. The molecule has 2 amide bonds. The van der Waals surface area contributed by atoms with Gasteiger partial charge < -0.3 is 21.1 Å². The Kier molecular flexibility index (Phi) is 6.65. The van der Waals surface area contributed by atoms with Gasteiger partial charge in [-0.05, 0) is 57.0 Å². The molecule has 1 fully saturated rings. The topological polar surface area (TPSA) is 155 Å². The molecule has 0 aliphatic carbocycles. The Morgan fingerprint density at radius 3 is 2.64 bits per heavy atom. The normalized spacial score (nSPS) is 20.1. The van der Waals surface area contributed by atoms with Gasteiger partial charge in [-0.3, -0.25) is 14.2 Å². The maximum Gasteiger partial charge on any atom is 0.407 e. The van der Waals surface area contributed by atoms with Gasteiger partial charge in [0.1, 0.15) is 11.4 Å². The molecule has 1 saturated heterocycles. The van der Waals surface area contributed by atoms with Gasteiger partial charge >= 0.3 is 6.09 Å². The first-order valence-electron chi connectivity index (χ1n) is 11.4. The number of benzene rings is 1. The number of hydrogen-bond donors (Lipinski definition) is 3. The van der Waals surface area contributed by atoms with Crippen LogP contribution in [0, 0.1) is 23.1 Å². The van der Waals surface area contributed by atoms with Crippen LogP contribution in [-0.4, -0.2) is 54.2 Å². The molecule has 3 aromatic rings. The van der Waals surface area contributed by atoms with E-state index in [1.54, 1.807) is 23.1 Å². The zero-order chi connectivity index (χ0) is 26.0. The van der Waals surface area contributed by atoms with Crippen LogP contribution in [0.3, 0.4) is 0 Å². The molecule has 3 heterocycles. The maximum atomic E-state index is 13.3. The molecule has 0 bridgehead atoms. The second-order valence-electron chi connectivity index (χ2n) is 9.39. The summed E-state index contributed by atoms with van der Waals surface area (Å²) in [5.74, 6) is -1.73. The summed E-state index contributed by atoms with van der Waals surface area (Å²) in [6.45, 7) is 4.05. The first-order chi connectivity index (χ1) is 17.1. The Hall–Kier alpha value is -4.40. The summed E-state index contributed by atoms with van der Waals surface area (Å²) >= 11 is 0. The van der Waals surface area contributed by atoms with Gasteiger partial charge in [0.15, 0.2) is 5.82 Å². The Labute approximate surface area is 206 Å². The third kappa shape index (κ3) is 4.86. The third-order valence-electron chi connectivity index (χ3n) is 6.57. The van der Waals surface area contributed by atoms with Gasteiger partial charge in [0.05, 0.1) is 29.6 Å². The van der Waals surface area contributed by atoms with Gasteiger partial charge in [-0.2, -0.15) is 15.5 Å². The van der Waals surface area contributed by atoms with E-state index in [1.165, 1.54) is 40.0 Å². The number of primary amides is 1. The molecular weight excluding hydrogens is 467 g/mol. The summed E-state index contributed by atoms with van der Waals surface area (Å²) in [4.78, 5) is 25.5. The Morgan fingerprint density at radius 1 is 1.33 bits per heavy atom. The van der Waals surface area contributed by atoms with Gasteiger partial charge in [0, 0.05) is 30.8 Å². The average Bonchev–Trinajstić information content (AvgIpc) is 3.51. The molecule has 0 saturated carbocycles. The number of rotatable bonds is 7. The highest BCUT2D eigenvalue weighted by molar-refractivity contribution is 5.98. The lowest BCUT2D eigenvalue weighted by Crippen LogP contribution is -2.54. The number of piperidine rings is 1. The number of nitriles is 1. The van der Waals surface area contributed by atoms with Crippen molar-refractivity contribution in [2.24, 2.45) is 11.7 Å². The van der Waals surface area contributed by atoms with Crippen LogP contribution in [0.2, 0.25) is 0 Å². The van der Waals surface area contributed by atoms with Gasteiger partial charge in [-0.1, -0.05) is 0 Å². The zero-order valence-electron chi connectivity index (χ0n) is 19.9. The molecule has 1 aromatic carbocycles. The van der Waals surface area contributed by atoms with Crippen molar-refractivity contribution in [2.75, 3.05) is 11.9 Å². The summed E-state index contributed by atoms with van der Waals surface area (Å²) in [5, 5.41) is 31.8. The molecule has 4 N–H and O–H groups in total. The molecule has 2 aromatic heterocycles. The van der Waals surface area contributed by atoms with E-state index in [1.807, 2.05) is 13.8 Å². The number of carboxylic acid groups (broad SMARTS) is 1. The van der Waals surface area contributed by atoms with Gasteiger partial charge in [0.2, 0.25) is 0 Å². The van der Waals surface area contributed by atoms with Gasteiger partial charge in [-0.25, -0.2) is 9.18 Å². The molecule has 0 spiro atoms. The van der Waals surface area contributed by atoms with Crippen LogP contribution in [0.15, 0.2) is 48.9 Å². The molecule has 0 radical (unpaired) electrons. The second kappa shape index (κ2) is 9.69. The van der Waals surface area contributed by atoms with Crippen molar-refractivity contribution in [2.45, 2.75) is 44.3 Å². The van der Waals surface area contributed by atoms with E-state index in [-0.39, 0.29) is 17.9 Å². The number of nitrogens with two attached hydrogens (primary N) is 1. The fourth-order valence-corrected chi connectivity index (χ4v) is 4.75. The molecule has 1 aliphatic rings. The van der Waals surface area contributed by atoms with Crippen molar-refractivity contribution in [3.63, 3.8) is 0 Å². The minimum absolute atomic E-state index is 0.102. The highest BCUT2D eigenvalue weighted by Crippen LogP contribution is 2.38. The van der Waals surface area contributed by atoms with Gasteiger partial charge in [-0.15, -0.1) is 0 Å². The summed E-state index contributed by atoms with van der Waals surface area (Å²) in [7, 11) is 0. The molecule has 3 atom stereocenters. The lowest BCUT2D eigenvalue weighted by atomic mass is 9.79. The van der Waals surface area contributed by atoms with Crippen LogP contribution in [0.1, 0.15) is 43.1 Å². The summed E-state index contributed by atoms with van der Waals surface area (Å²) in [5.41, 5.74) is 5.61. The number of likely N-dealkylation sites (tertiary alicyclic amines) is 1. The van der Waals surface area contributed by atoms with Crippen LogP contribution < -0.4 is 11.1 Å². The van der Waals surface area contributed by atoms with E-state index in [0.29, 0.717) is 18.5 Å². The first kappa shape index (κ1) is 24.7. The molecule has 188 valence electrons. The highest BCUT2D eigenvalue weighted by atomic mass is 19.1. The molecule has 11 nitrogen and oxygen atoms in total. The van der Waals surface area contributed by atoms with Crippen LogP contribution in [0.5, 0.6) is 0 Å². The van der Waals surface area contributed by atoms with Crippen molar-refractivity contribution in [3.05, 3.63) is 60.3 Å². The van der Waals surface area contributed by atoms with Gasteiger partial charge in [0.25, 0.3) is 5.91 Å². The quantitative estimate of drug-likeness (QED) is 0.455. The summed E-state index contributed by atoms with van der Waals surface area (Å²) < 4.78 is 16.5. The Morgan fingerprint density at radius 2 is 2.06 bits per heavy atom. The standard InChI is InChI=1S/C24H27FN8O3/c1-24(2,33-10-3-9-28-33)12-20-17(13-26)19(8-11-31(20)23(35)36)32-14-18(21(27)34)22(30-32)29-16-6-4-15(25)5-7-16/h3-7,9-10,14,17,19-20H,8,11-12H2,1-2H3,(H2,27,34)(H,29,30)(H,35,36)/t17-,19-,20?/m1/s1. The van der Waals surface area contributed by atoms with Crippen molar-refractivity contribution in [1.82, 2.24) is 24.5 Å². The number of halogens is 1. The lowest BCUT2D eigenvalue weighted by Gasteiger charge is -2.44. The molecule has 1 aliphatic heterocycles. The number of carbonyl (C=O) groups is 2. The van der Waals surface area contributed by atoms with E-state index in [4.69, 9.17) is 5.73 Å². The minimum Gasteiger partial charge on any atom is -0.465 e. The second-order valence-corrected chi connectivity index (χ2v) is 9.39. The molecule has 12 heteroatoms. The molecule has 4 rings (SSSR count). The number of hydrogen-bond acceptors (Lipinski definition) is 6. The average molecular weight is 495 g/mol. The molecular formula is C24H27FN8O3. The predicted octanol–water partition coefficient (Wildman–Crippen LogP) is 3.32. The van der Waals surface area contributed by atoms with E-state index >= 15 is 0 Å². The SMILES string of the molecule is CC(C)(CC1[C@H](C#N)[C@H](n2cc(C(N)=O)c(Nc3ccc(F)cc3)n2)CCN1C(=O)O)n1cccn1. The van der Waals surface area contributed by atoms with Crippen molar-refractivity contribution >= 4 is 23.5 Å². The lowest BCUT2D eigenvalue weighted by molar-refractivity contribution is 0.0452. The Balaban J connectivity index is 1.67. The predicted molar refractivity (Wildman–Crippen MR) is 128 cm³/mol. The minimum atomic E-state index is -1.10. The number of nitrogens with zero attached hydrogens (tertiary/aromatic N) is 6. The van der Waals surface area contributed by atoms with Crippen molar-refractivity contribution in [3.8, 4) is 6.07 Å². The number of nitrogens with one attached hydrogen (secondary N) is 1. The smallest absolute Gasteiger partial charge is 0.407 e.